The molecule has 4 nitrogen and oxygen atoms in total. The van der Waals surface area contributed by atoms with Gasteiger partial charge in [-0.1, -0.05) is 33.4 Å². The molecule has 2 fully saturated rings. The Morgan fingerprint density at radius 2 is 1.92 bits per heavy atom. The highest BCUT2D eigenvalue weighted by Gasteiger charge is 2.58. The molecular weight excluding hydrogens is 320 g/mol. The molecule has 1 heterocycles. The molecule has 134 valence electrons. The van der Waals surface area contributed by atoms with E-state index in [0.717, 1.165) is 18.1 Å². The highest BCUT2D eigenvalue weighted by molar-refractivity contribution is 6.73. The molecule has 5 atom stereocenters. The number of fused-ring (bicyclic) bond motifs is 1. The molecule has 0 aromatic rings. The molecule has 0 aromatic heterocycles. The van der Waals surface area contributed by atoms with E-state index in [0.29, 0.717) is 12.8 Å². The van der Waals surface area contributed by atoms with Crippen molar-refractivity contribution in [3.63, 3.8) is 0 Å². The molecule has 1 saturated heterocycles. The number of rotatable bonds is 9. The van der Waals surface area contributed by atoms with Crippen LogP contribution in [0, 0.1) is 17.8 Å². The van der Waals surface area contributed by atoms with Crippen LogP contribution in [0.3, 0.4) is 0 Å². The van der Waals surface area contributed by atoms with Gasteiger partial charge in [-0.15, -0.1) is 6.58 Å². The lowest BCUT2D eigenvalue weighted by Gasteiger charge is -2.34. The molecular formula is C19H30O4Si. The van der Waals surface area contributed by atoms with Crippen molar-refractivity contribution in [1.29, 1.82) is 0 Å². The lowest BCUT2D eigenvalue weighted by molar-refractivity contribution is -0.144. The van der Waals surface area contributed by atoms with Gasteiger partial charge >= 0.3 is 5.97 Å². The number of ether oxygens (including phenoxy) is 1. The van der Waals surface area contributed by atoms with Gasteiger partial charge in [0.15, 0.2) is 14.1 Å². The number of hydrogen-bond acceptors (Lipinski definition) is 4. The van der Waals surface area contributed by atoms with Crippen molar-refractivity contribution in [1.82, 2.24) is 0 Å². The quantitative estimate of drug-likeness (QED) is 0.274. The summed E-state index contributed by atoms with van der Waals surface area (Å²) in [6, 6.07) is 3.12. The summed E-state index contributed by atoms with van der Waals surface area (Å²) in [5, 5.41) is 0. The minimum atomic E-state index is -1.84. The maximum absolute atomic E-state index is 12.6. The number of hydrogen-bond donors (Lipinski definition) is 0. The Bertz CT molecular complexity index is 503. The predicted molar refractivity (Wildman–Crippen MR) is 97.1 cm³/mol. The highest BCUT2D eigenvalue weighted by Crippen LogP contribution is 2.48. The number of esters is 1. The Kier molecular flexibility index (Phi) is 6.20. The molecule has 1 aliphatic carbocycles. The van der Waals surface area contributed by atoms with E-state index in [1.165, 1.54) is 6.08 Å². The molecule has 24 heavy (non-hydrogen) atoms. The first-order valence-corrected chi connectivity index (χ1v) is 11.6. The van der Waals surface area contributed by atoms with Crippen LogP contribution in [0.15, 0.2) is 25.3 Å². The van der Waals surface area contributed by atoms with Crippen LogP contribution in [0.5, 0.6) is 0 Å². The van der Waals surface area contributed by atoms with Crippen LogP contribution in [-0.2, 0) is 18.8 Å². The van der Waals surface area contributed by atoms with Gasteiger partial charge < -0.3 is 9.16 Å². The Morgan fingerprint density at radius 1 is 1.29 bits per heavy atom. The minimum absolute atomic E-state index is 0.0222. The zero-order valence-electron chi connectivity index (χ0n) is 15.1. The van der Waals surface area contributed by atoms with Crippen LogP contribution in [0.1, 0.15) is 33.6 Å². The molecule has 2 rings (SSSR count). The fourth-order valence-corrected chi connectivity index (χ4v) is 7.31. The lowest BCUT2D eigenvalue weighted by atomic mass is 9.80. The molecule has 0 bridgehead atoms. The van der Waals surface area contributed by atoms with Crippen LogP contribution in [0.2, 0.25) is 18.1 Å². The van der Waals surface area contributed by atoms with Gasteiger partial charge in [-0.2, -0.15) is 0 Å². The van der Waals surface area contributed by atoms with Crippen molar-refractivity contribution in [2.45, 2.75) is 64.0 Å². The first kappa shape index (κ1) is 19.1. The first-order chi connectivity index (χ1) is 11.5. The summed E-state index contributed by atoms with van der Waals surface area (Å²) in [7, 11) is -1.84. The summed E-state index contributed by atoms with van der Waals surface area (Å²) in [5.74, 6) is -0.930. The van der Waals surface area contributed by atoms with Gasteiger partial charge in [0, 0.05) is 12.3 Å². The smallest absolute Gasteiger partial charge is 0.309 e. The zero-order chi connectivity index (χ0) is 17.9. The zero-order valence-corrected chi connectivity index (χ0v) is 16.1. The van der Waals surface area contributed by atoms with Crippen molar-refractivity contribution < 1.29 is 18.8 Å². The van der Waals surface area contributed by atoms with E-state index in [1.807, 2.05) is 0 Å². The molecule has 1 aliphatic heterocycles. The third-order valence-corrected chi connectivity index (χ3v) is 10.7. The monoisotopic (exact) mass is 350 g/mol. The van der Waals surface area contributed by atoms with Gasteiger partial charge in [-0.25, -0.2) is 0 Å². The van der Waals surface area contributed by atoms with Crippen molar-refractivity contribution in [2.24, 2.45) is 17.8 Å². The Morgan fingerprint density at radius 3 is 2.42 bits per heavy atom. The molecule has 2 aliphatic rings. The van der Waals surface area contributed by atoms with Crippen LogP contribution >= 0.6 is 0 Å². The fraction of sp³-hybridized carbons (Fsp3) is 0.684. The summed E-state index contributed by atoms with van der Waals surface area (Å²) in [5.41, 5.74) is 0. The maximum atomic E-state index is 12.6. The van der Waals surface area contributed by atoms with Crippen molar-refractivity contribution in [3.8, 4) is 0 Å². The van der Waals surface area contributed by atoms with Gasteiger partial charge in [0.05, 0.1) is 17.9 Å². The number of ketones is 1. The predicted octanol–water partition coefficient (Wildman–Crippen LogP) is 3.89. The summed E-state index contributed by atoms with van der Waals surface area (Å²) in [6.45, 7) is 13.9. The summed E-state index contributed by atoms with van der Waals surface area (Å²) >= 11 is 0. The average molecular weight is 351 g/mol. The van der Waals surface area contributed by atoms with E-state index in [1.54, 1.807) is 6.08 Å². The topological polar surface area (TPSA) is 52.6 Å². The van der Waals surface area contributed by atoms with Crippen molar-refractivity contribution >= 4 is 20.1 Å². The van der Waals surface area contributed by atoms with Crippen LogP contribution in [-0.4, -0.2) is 32.3 Å². The van der Waals surface area contributed by atoms with Crippen LogP contribution in [0.25, 0.3) is 0 Å². The molecule has 0 N–H and O–H groups in total. The van der Waals surface area contributed by atoms with E-state index in [2.05, 4.69) is 33.9 Å². The molecule has 5 heteroatoms. The largest absolute Gasteiger partial charge is 0.462 e. The van der Waals surface area contributed by atoms with E-state index in [9.17, 15) is 9.59 Å². The van der Waals surface area contributed by atoms with Crippen LogP contribution in [0.4, 0.5) is 0 Å². The van der Waals surface area contributed by atoms with E-state index >= 15 is 0 Å². The van der Waals surface area contributed by atoms with E-state index in [4.69, 9.17) is 9.16 Å². The van der Waals surface area contributed by atoms with Gasteiger partial charge in [-0.3, -0.25) is 9.59 Å². The van der Waals surface area contributed by atoms with E-state index < -0.39 is 8.32 Å². The Balaban J connectivity index is 2.30. The molecule has 0 spiro atoms. The van der Waals surface area contributed by atoms with Crippen molar-refractivity contribution in [2.75, 3.05) is 0 Å². The van der Waals surface area contributed by atoms with Crippen molar-refractivity contribution in [3.05, 3.63) is 25.3 Å². The van der Waals surface area contributed by atoms with Gasteiger partial charge in [0.1, 0.15) is 6.10 Å². The fourth-order valence-electron chi connectivity index (χ4n) is 4.43. The lowest BCUT2D eigenvalue weighted by Crippen LogP contribution is -2.44. The number of carbonyl (C=O) groups is 2. The second-order valence-electron chi connectivity index (χ2n) is 6.95. The average Bonchev–Trinajstić information content (AvgIpc) is 3.07. The summed E-state index contributed by atoms with van der Waals surface area (Å²) < 4.78 is 12.2. The molecule has 0 unspecified atom stereocenters. The molecule has 0 amide bonds. The highest BCUT2D eigenvalue weighted by atomic mass is 28.4. The molecule has 1 saturated carbocycles. The summed E-state index contributed by atoms with van der Waals surface area (Å²) in [6.07, 6.45) is 3.93. The minimum Gasteiger partial charge on any atom is -0.462 e. The second-order valence-corrected chi connectivity index (χ2v) is 11.7. The SMILES string of the molecule is C=CC[C@@H]1C(=O)O[C@H]2C[C@@H](O[Si](CC)(CC)CC)[C@@H](C(=O)C=C)[C@H]21. The van der Waals surface area contributed by atoms with Gasteiger partial charge in [0.2, 0.25) is 0 Å². The number of allylic oxidation sites excluding steroid dienone is 2. The Hall–Kier alpha value is -1.20. The normalized spacial score (nSPS) is 32.3. The Labute approximate surface area is 146 Å². The summed E-state index contributed by atoms with van der Waals surface area (Å²) in [4.78, 5) is 24.8. The second kappa shape index (κ2) is 7.79. The third kappa shape index (κ3) is 3.29. The maximum Gasteiger partial charge on any atom is 0.309 e. The first-order valence-electron chi connectivity index (χ1n) is 9.12. The standard InChI is InChI=1S/C19H30O4Si/c1-6-11-13-17-15(22-19(13)21)12-16(18(17)14(20)7-2)23-24(8-3,9-4)10-5/h6-7,13,15-18H,1-2,8-12H2,3-5H3/t13-,15-,16+,17-,18+/m0/s1. The van der Waals surface area contributed by atoms with Crippen LogP contribution < -0.4 is 0 Å². The third-order valence-electron chi connectivity index (χ3n) is 6.03. The molecule has 0 aromatic carbocycles. The van der Waals surface area contributed by atoms with Gasteiger partial charge in [-0.05, 0) is 30.6 Å². The molecule has 0 radical (unpaired) electrons. The van der Waals surface area contributed by atoms with Gasteiger partial charge in [0.25, 0.3) is 0 Å². The van der Waals surface area contributed by atoms with E-state index in [-0.39, 0.29) is 41.7 Å². The number of carbonyl (C=O) groups excluding carboxylic acids is 2.